The van der Waals surface area contributed by atoms with E-state index in [1.807, 2.05) is 0 Å². The van der Waals surface area contributed by atoms with Gasteiger partial charge in [0.15, 0.2) is 0 Å². The maximum atomic E-state index is 5.32. The molecule has 0 rings (SSSR count). The Labute approximate surface area is 43.3 Å². The molecule has 0 saturated carbocycles. The second kappa shape index (κ2) is 3.44. The zero-order valence-electron chi connectivity index (χ0n) is 3.94. The van der Waals surface area contributed by atoms with Gasteiger partial charge in [0.1, 0.15) is 5.56 Å². The molecule has 0 aliphatic carbocycles. The molecule has 1 unspecified atom stereocenters. The maximum Gasteiger partial charge on any atom is 0.128 e. The van der Waals surface area contributed by atoms with Crippen LogP contribution in [-0.2, 0) is 4.74 Å². The Morgan fingerprint density at radius 2 is 2.33 bits per heavy atom. The van der Waals surface area contributed by atoms with Gasteiger partial charge in [-0.15, -0.1) is 0 Å². The van der Waals surface area contributed by atoms with Crippen molar-refractivity contribution in [3.05, 3.63) is 6.61 Å². The highest BCUT2D eigenvalue weighted by atomic mass is 35.5. The van der Waals surface area contributed by atoms with Crippen LogP contribution in [0.1, 0.15) is 13.8 Å². The summed E-state index contributed by atoms with van der Waals surface area (Å²) in [4.78, 5) is 0. The van der Waals surface area contributed by atoms with Crippen LogP contribution in [0.25, 0.3) is 0 Å². The van der Waals surface area contributed by atoms with Gasteiger partial charge in [-0.25, -0.2) is 0 Å². The minimum Gasteiger partial charge on any atom is -0.357 e. The van der Waals surface area contributed by atoms with Crippen LogP contribution >= 0.6 is 11.6 Å². The molecule has 1 radical (unpaired) electrons. The van der Waals surface area contributed by atoms with Crippen LogP contribution in [0.4, 0.5) is 0 Å². The first-order chi connectivity index (χ1) is 2.77. The molecule has 0 aromatic carbocycles. The van der Waals surface area contributed by atoms with Crippen molar-refractivity contribution in [1.29, 1.82) is 0 Å². The lowest BCUT2D eigenvalue weighted by Gasteiger charge is -1.97. The van der Waals surface area contributed by atoms with Gasteiger partial charge in [0.25, 0.3) is 0 Å². The minimum absolute atomic E-state index is 0.185. The van der Waals surface area contributed by atoms with E-state index in [1.54, 1.807) is 20.5 Å². The molecule has 0 heterocycles. The van der Waals surface area contributed by atoms with Crippen LogP contribution < -0.4 is 0 Å². The summed E-state index contributed by atoms with van der Waals surface area (Å²) in [5, 5.41) is 0. The van der Waals surface area contributed by atoms with Crippen molar-refractivity contribution in [3.63, 3.8) is 0 Å². The Balaban J connectivity index is 2.63. The zero-order chi connectivity index (χ0) is 4.99. The molecule has 0 saturated heterocycles. The molecular formula is C4H8ClO. The summed E-state index contributed by atoms with van der Waals surface area (Å²) in [6, 6.07) is 0. The van der Waals surface area contributed by atoms with Crippen LogP contribution in [-0.4, -0.2) is 5.56 Å². The van der Waals surface area contributed by atoms with E-state index in [2.05, 4.69) is 4.74 Å². The highest BCUT2D eigenvalue weighted by molar-refractivity contribution is 6.19. The van der Waals surface area contributed by atoms with Gasteiger partial charge in [-0.05, 0) is 13.8 Å². The Kier molecular flexibility index (Phi) is 3.58. The van der Waals surface area contributed by atoms with E-state index in [9.17, 15) is 0 Å². The van der Waals surface area contributed by atoms with Crippen molar-refractivity contribution < 1.29 is 4.74 Å². The summed E-state index contributed by atoms with van der Waals surface area (Å²) in [5.74, 6) is 0. The van der Waals surface area contributed by atoms with Gasteiger partial charge < -0.3 is 4.74 Å². The molecule has 0 bridgehead atoms. The van der Waals surface area contributed by atoms with Crippen LogP contribution in [0.2, 0.25) is 0 Å². The number of hydrogen-bond acceptors (Lipinski definition) is 1. The van der Waals surface area contributed by atoms with Gasteiger partial charge in [0.2, 0.25) is 0 Å². The van der Waals surface area contributed by atoms with E-state index in [0.717, 1.165) is 0 Å². The first kappa shape index (κ1) is 6.25. The third-order valence-electron chi connectivity index (χ3n) is 0.324. The average molecular weight is 108 g/mol. The summed E-state index contributed by atoms with van der Waals surface area (Å²) in [6.45, 7) is 5.12. The predicted molar refractivity (Wildman–Crippen MR) is 26.4 cm³/mol. The Morgan fingerprint density at radius 3 is 2.33 bits per heavy atom. The van der Waals surface area contributed by atoms with E-state index < -0.39 is 0 Å². The predicted octanol–water partition coefficient (Wildman–Crippen LogP) is 1.77. The normalized spacial score (nSPS) is 14.5. The third-order valence-corrected chi connectivity index (χ3v) is 0.426. The van der Waals surface area contributed by atoms with Gasteiger partial charge in [-0.1, -0.05) is 11.6 Å². The maximum absolute atomic E-state index is 5.32. The van der Waals surface area contributed by atoms with E-state index in [-0.39, 0.29) is 5.56 Å². The first-order valence-electron chi connectivity index (χ1n) is 1.84. The monoisotopic (exact) mass is 107 g/mol. The molecule has 6 heavy (non-hydrogen) atoms. The summed E-state index contributed by atoms with van der Waals surface area (Å²) in [5.41, 5.74) is -0.185. The number of ether oxygens (including phenoxy) is 1. The van der Waals surface area contributed by atoms with Crippen molar-refractivity contribution in [1.82, 2.24) is 0 Å². The van der Waals surface area contributed by atoms with Gasteiger partial charge in [-0.3, -0.25) is 0 Å². The van der Waals surface area contributed by atoms with Crippen molar-refractivity contribution in [3.8, 4) is 0 Å². The van der Waals surface area contributed by atoms with Crippen molar-refractivity contribution in [2.24, 2.45) is 0 Å². The summed E-state index contributed by atoms with van der Waals surface area (Å²) >= 11 is 5.32. The quantitative estimate of drug-likeness (QED) is 0.489. The SMILES string of the molecule is C[CH]OC(C)Cl. The van der Waals surface area contributed by atoms with Gasteiger partial charge in [0.05, 0.1) is 6.61 Å². The van der Waals surface area contributed by atoms with E-state index in [4.69, 9.17) is 11.6 Å². The van der Waals surface area contributed by atoms with Crippen LogP contribution in [0.15, 0.2) is 0 Å². The van der Waals surface area contributed by atoms with E-state index >= 15 is 0 Å². The Morgan fingerprint density at radius 1 is 1.83 bits per heavy atom. The molecule has 37 valence electrons. The lowest BCUT2D eigenvalue weighted by atomic mass is 10.8. The standard InChI is InChI=1S/C4H8ClO/c1-3-6-4(2)5/h3-4H,1-2H3. The molecular weight excluding hydrogens is 99.5 g/mol. The molecule has 0 fully saturated rings. The summed E-state index contributed by atoms with van der Waals surface area (Å²) in [6.07, 6.45) is 0. The molecule has 0 aliphatic heterocycles. The number of alkyl halides is 1. The fourth-order valence-corrected chi connectivity index (χ4v) is 0.290. The highest BCUT2D eigenvalue weighted by Crippen LogP contribution is 1.95. The van der Waals surface area contributed by atoms with Crippen molar-refractivity contribution in [2.45, 2.75) is 19.4 Å². The molecule has 0 aromatic heterocycles. The lowest BCUT2D eigenvalue weighted by Crippen LogP contribution is -1.92. The number of rotatable bonds is 2. The number of hydrogen-bond donors (Lipinski definition) is 0. The van der Waals surface area contributed by atoms with E-state index in [0.29, 0.717) is 0 Å². The zero-order valence-corrected chi connectivity index (χ0v) is 4.70. The molecule has 0 aliphatic rings. The molecule has 0 amide bonds. The average Bonchev–Trinajstić information content (AvgIpc) is 1.35. The highest BCUT2D eigenvalue weighted by Gasteiger charge is 1.87. The Bertz CT molecular complexity index is 28.7. The summed E-state index contributed by atoms with van der Waals surface area (Å²) < 4.78 is 4.68. The fourth-order valence-electron chi connectivity index (χ4n) is 0.188. The van der Waals surface area contributed by atoms with Gasteiger partial charge in [-0.2, -0.15) is 0 Å². The largest absolute Gasteiger partial charge is 0.357 e. The molecule has 0 aromatic rings. The topological polar surface area (TPSA) is 9.23 Å². The summed E-state index contributed by atoms with van der Waals surface area (Å²) in [7, 11) is 0. The minimum atomic E-state index is -0.185. The van der Waals surface area contributed by atoms with Crippen LogP contribution in [0.5, 0.6) is 0 Å². The second-order valence-corrected chi connectivity index (χ2v) is 1.53. The molecule has 0 spiro atoms. The van der Waals surface area contributed by atoms with Gasteiger partial charge >= 0.3 is 0 Å². The lowest BCUT2D eigenvalue weighted by molar-refractivity contribution is 0.188. The van der Waals surface area contributed by atoms with Crippen molar-refractivity contribution >= 4 is 11.6 Å². The fraction of sp³-hybridized carbons (Fsp3) is 0.750. The van der Waals surface area contributed by atoms with Gasteiger partial charge in [0, 0.05) is 0 Å². The van der Waals surface area contributed by atoms with Crippen molar-refractivity contribution in [2.75, 3.05) is 0 Å². The first-order valence-corrected chi connectivity index (χ1v) is 2.28. The second-order valence-electron chi connectivity index (χ2n) is 0.915. The smallest absolute Gasteiger partial charge is 0.128 e. The van der Waals surface area contributed by atoms with E-state index in [1.165, 1.54) is 0 Å². The van der Waals surface area contributed by atoms with Crippen LogP contribution in [0, 0.1) is 6.61 Å². The van der Waals surface area contributed by atoms with Crippen LogP contribution in [0.3, 0.4) is 0 Å². The molecule has 2 heteroatoms. The molecule has 1 nitrogen and oxygen atoms in total. The third kappa shape index (κ3) is 4.25. The Hall–Kier alpha value is 0.250. The number of halogens is 1. The molecule has 0 N–H and O–H groups in total. The molecule has 1 atom stereocenters.